The number of nitrogens with zero attached hydrogens (tertiary/aromatic N) is 2. The van der Waals surface area contributed by atoms with E-state index in [-0.39, 0.29) is 11.7 Å². The van der Waals surface area contributed by atoms with E-state index in [1.165, 1.54) is 12.1 Å². The van der Waals surface area contributed by atoms with Gasteiger partial charge in [-0.15, -0.1) is 0 Å². The Hall–Kier alpha value is -0.690. The summed E-state index contributed by atoms with van der Waals surface area (Å²) >= 11 is 2.01. The van der Waals surface area contributed by atoms with E-state index in [1.54, 1.807) is 6.07 Å². The fraction of sp³-hybridized carbons (Fsp3) is 0.462. The van der Waals surface area contributed by atoms with Crippen molar-refractivity contribution in [3.63, 3.8) is 0 Å². The van der Waals surface area contributed by atoms with E-state index in [1.807, 2.05) is 27.5 Å². The zero-order valence-corrected chi connectivity index (χ0v) is 12.5. The van der Waals surface area contributed by atoms with Gasteiger partial charge in [0, 0.05) is 23.2 Å². The molecule has 0 unspecified atom stereocenters. The van der Waals surface area contributed by atoms with E-state index in [2.05, 4.69) is 11.9 Å². The molecule has 1 aliphatic rings. The lowest BCUT2D eigenvalue weighted by Crippen LogP contribution is -2.34. The highest BCUT2D eigenvalue weighted by atomic mass is 127. The number of benzene rings is 1. The third kappa shape index (κ3) is 3.20. The quantitative estimate of drug-likeness (QED) is 0.716. The first-order chi connectivity index (χ1) is 8.58. The molecule has 1 heterocycles. The van der Waals surface area contributed by atoms with Crippen LogP contribution in [-0.4, -0.2) is 48.9 Å². The van der Waals surface area contributed by atoms with Crippen LogP contribution in [0.5, 0.6) is 0 Å². The Bertz CT molecular complexity index is 453. The Kier molecular flexibility index (Phi) is 4.55. The molecule has 2 rings (SSSR count). The van der Waals surface area contributed by atoms with Crippen LogP contribution in [0, 0.1) is 9.39 Å². The van der Waals surface area contributed by atoms with Gasteiger partial charge in [0.15, 0.2) is 0 Å². The van der Waals surface area contributed by atoms with E-state index in [0.717, 1.165) is 32.6 Å². The molecule has 0 atom stereocenters. The molecule has 0 bridgehead atoms. The molecule has 18 heavy (non-hydrogen) atoms. The molecular weight excluding hydrogens is 346 g/mol. The second kappa shape index (κ2) is 5.97. The molecule has 0 radical (unpaired) electrons. The van der Waals surface area contributed by atoms with E-state index in [4.69, 9.17) is 0 Å². The molecule has 0 aliphatic carbocycles. The highest BCUT2D eigenvalue weighted by Crippen LogP contribution is 2.17. The molecule has 3 nitrogen and oxygen atoms in total. The van der Waals surface area contributed by atoms with Crippen molar-refractivity contribution in [2.24, 2.45) is 0 Å². The first kappa shape index (κ1) is 13.7. The molecule has 1 amide bonds. The van der Waals surface area contributed by atoms with Gasteiger partial charge in [-0.2, -0.15) is 0 Å². The number of hydrogen-bond acceptors (Lipinski definition) is 2. The largest absolute Gasteiger partial charge is 0.337 e. The highest BCUT2D eigenvalue weighted by Gasteiger charge is 2.20. The fourth-order valence-electron chi connectivity index (χ4n) is 2.08. The predicted octanol–water partition coefficient (Wildman–Crippen LogP) is 2.21. The van der Waals surface area contributed by atoms with Gasteiger partial charge in [-0.1, -0.05) is 0 Å². The summed E-state index contributed by atoms with van der Waals surface area (Å²) in [5.74, 6) is -0.291. The second-order valence-corrected chi connectivity index (χ2v) is 5.74. The number of hydrogen-bond donors (Lipinski definition) is 0. The van der Waals surface area contributed by atoms with Crippen LogP contribution in [0.2, 0.25) is 0 Å². The topological polar surface area (TPSA) is 23.6 Å². The lowest BCUT2D eigenvalue weighted by atomic mass is 10.2. The molecule has 5 heteroatoms. The molecule has 98 valence electrons. The van der Waals surface area contributed by atoms with Crippen LogP contribution in [0.25, 0.3) is 0 Å². The summed E-state index contributed by atoms with van der Waals surface area (Å²) in [5, 5.41) is 0. The normalized spacial score (nSPS) is 17.6. The molecule has 0 saturated carbocycles. The van der Waals surface area contributed by atoms with E-state index in [9.17, 15) is 9.18 Å². The van der Waals surface area contributed by atoms with Crippen LogP contribution in [0.3, 0.4) is 0 Å². The predicted molar refractivity (Wildman–Crippen MR) is 77.1 cm³/mol. The summed E-state index contributed by atoms with van der Waals surface area (Å²) < 4.78 is 13.7. The molecule has 1 aromatic rings. The molecular formula is C13H16FIN2O. The van der Waals surface area contributed by atoms with Crippen molar-refractivity contribution < 1.29 is 9.18 Å². The van der Waals surface area contributed by atoms with Crippen molar-refractivity contribution in [3.05, 3.63) is 33.1 Å². The number of rotatable bonds is 1. The lowest BCUT2D eigenvalue weighted by Gasteiger charge is -2.21. The Labute approximate surface area is 120 Å². The van der Waals surface area contributed by atoms with Gasteiger partial charge in [0.1, 0.15) is 5.82 Å². The maximum atomic E-state index is 13.0. The van der Waals surface area contributed by atoms with Crippen LogP contribution in [-0.2, 0) is 0 Å². The fourth-order valence-corrected chi connectivity index (χ4v) is 2.79. The van der Waals surface area contributed by atoms with Gasteiger partial charge in [-0.3, -0.25) is 4.79 Å². The van der Waals surface area contributed by atoms with Crippen molar-refractivity contribution in [3.8, 4) is 0 Å². The van der Waals surface area contributed by atoms with E-state index in [0.29, 0.717) is 9.13 Å². The van der Waals surface area contributed by atoms with Gasteiger partial charge < -0.3 is 9.80 Å². The van der Waals surface area contributed by atoms with Gasteiger partial charge in [-0.25, -0.2) is 4.39 Å². The average Bonchev–Trinajstić information content (AvgIpc) is 2.53. The van der Waals surface area contributed by atoms with Crippen LogP contribution >= 0.6 is 22.6 Å². The lowest BCUT2D eigenvalue weighted by molar-refractivity contribution is 0.0761. The van der Waals surface area contributed by atoms with Crippen LogP contribution in [0.4, 0.5) is 4.39 Å². The van der Waals surface area contributed by atoms with E-state index >= 15 is 0 Å². The number of carbonyl (C=O) groups excluding carboxylic acids is 1. The third-order valence-corrected chi connectivity index (χ3v) is 4.06. The summed E-state index contributed by atoms with van der Waals surface area (Å²) in [6.45, 7) is 3.42. The number of halogens is 2. The Balaban J connectivity index is 2.15. The molecule has 0 aromatic heterocycles. The summed E-state index contributed by atoms with van der Waals surface area (Å²) in [5.41, 5.74) is 0.599. The minimum atomic E-state index is -0.299. The summed E-state index contributed by atoms with van der Waals surface area (Å²) in [4.78, 5) is 16.5. The molecule has 0 N–H and O–H groups in total. The summed E-state index contributed by atoms with van der Waals surface area (Å²) in [7, 11) is 2.07. The standard InChI is InChI=1S/C13H16FIN2O/c1-16-5-2-6-17(8-7-16)13(18)11-4-3-10(14)9-12(11)15/h3-4,9H,2,5-8H2,1H3. The Morgan fingerprint density at radius 3 is 2.78 bits per heavy atom. The minimum Gasteiger partial charge on any atom is -0.337 e. The van der Waals surface area contributed by atoms with Crippen molar-refractivity contribution in [2.45, 2.75) is 6.42 Å². The van der Waals surface area contributed by atoms with Gasteiger partial charge in [0.05, 0.1) is 5.56 Å². The van der Waals surface area contributed by atoms with Gasteiger partial charge in [0.25, 0.3) is 5.91 Å². The maximum Gasteiger partial charge on any atom is 0.254 e. The Morgan fingerprint density at radius 1 is 1.28 bits per heavy atom. The summed E-state index contributed by atoms with van der Waals surface area (Å²) in [6.07, 6.45) is 0.986. The van der Waals surface area contributed by atoms with Gasteiger partial charge in [-0.05, 0) is 60.8 Å². The zero-order valence-electron chi connectivity index (χ0n) is 10.3. The maximum absolute atomic E-state index is 13.0. The molecule has 1 aliphatic heterocycles. The molecule has 1 saturated heterocycles. The number of carbonyl (C=O) groups is 1. The SMILES string of the molecule is CN1CCCN(C(=O)c2ccc(F)cc2I)CC1. The first-order valence-corrected chi connectivity index (χ1v) is 7.08. The molecule has 1 fully saturated rings. The number of amides is 1. The molecule has 1 aromatic carbocycles. The summed E-state index contributed by atoms with van der Waals surface area (Å²) in [6, 6.07) is 4.32. The highest BCUT2D eigenvalue weighted by molar-refractivity contribution is 14.1. The zero-order chi connectivity index (χ0) is 13.1. The van der Waals surface area contributed by atoms with Gasteiger partial charge >= 0.3 is 0 Å². The van der Waals surface area contributed by atoms with Gasteiger partial charge in [0.2, 0.25) is 0 Å². The Morgan fingerprint density at radius 2 is 2.06 bits per heavy atom. The van der Waals surface area contributed by atoms with Crippen molar-refractivity contribution in [2.75, 3.05) is 33.2 Å². The van der Waals surface area contributed by atoms with Crippen LogP contribution < -0.4 is 0 Å². The minimum absolute atomic E-state index is 0.00898. The van der Waals surface area contributed by atoms with Crippen LogP contribution in [0.15, 0.2) is 18.2 Å². The van der Waals surface area contributed by atoms with E-state index < -0.39 is 0 Å². The smallest absolute Gasteiger partial charge is 0.254 e. The molecule has 0 spiro atoms. The second-order valence-electron chi connectivity index (χ2n) is 4.57. The van der Waals surface area contributed by atoms with Crippen LogP contribution in [0.1, 0.15) is 16.8 Å². The van der Waals surface area contributed by atoms with Crippen molar-refractivity contribution in [1.29, 1.82) is 0 Å². The van der Waals surface area contributed by atoms with Crippen molar-refractivity contribution in [1.82, 2.24) is 9.80 Å². The third-order valence-electron chi connectivity index (χ3n) is 3.17. The van der Waals surface area contributed by atoms with Crippen molar-refractivity contribution >= 4 is 28.5 Å². The average molecular weight is 362 g/mol. The number of likely N-dealkylation sites (N-methyl/N-ethyl adjacent to an activating group) is 1. The first-order valence-electron chi connectivity index (χ1n) is 6.01. The monoisotopic (exact) mass is 362 g/mol.